The molecule has 5 heteroatoms. The Labute approximate surface area is 92.9 Å². The Balaban J connectivity index is 2.49. The summed E-state index contributed by atoms with van der Waals surface area (Å²) in [5.41, 5.74) is 7.55. The Morgan fingerprint density at radius 2 is 2.19 bits per heavy atom. The first-order valence-corrected chi connectivity index (χ1v) is 4.88. The molecule has 1 aromatic carbocycles. The van der Waals surface area contributed by atoms with E-state index in [0.717, 1.165) is 15.8 Å². The van der Waals surface area contributed by atoms with Crippen molar-refractivity contribution in [1.82, 2.24) is 14.8 Å². The summed E-state index contributed by atoms with van der Waals surface area (Å²) in [6.07, 6.45) is 0. The van der Waals surface area contributed by atoms with Gasteiger partial charge in [-0.15, -0.1) is 5.10 Å². The zero-order valence-electron chi connectivity index (χ0n) is 9.14. The standard InChI is InChI=1S/C11H12N4O/c1-7-4-3-5-9(6-7)10-13-11(12)15(14-10)8(2)16/h3-6H,1-2H3,(H2,12,13,14). The highest BCUT2D eigenvalue weighted by Crippen LogP contribution is 2.17. The summed E-state index contributed by atoms with van der Waals surface area (Å²) < 4.78 is 1.09. The fraction of sp³-hybridized carbons (Fsp3) is 0.182. The summed E-state index contributed by atoms with van der Waals surface area (Å²) in [7, 11) is 0. The first kappa shape index (κ1) is 10.4. The van der Waals surface area contributed by atoms with Crippen molar-refractivity contribution in [1.29, 1.82) is 0 Å². The predicted molar refractivity (Wildman–Crippen MR) is 60.9 cm³/mol. The van der Waals surface area contributed by atoms with Crippen LogP contribution in [0.2, 0.25) is 0 Å². The third-order valence-electron chi connectivity index (χ3n) is 2.21. The molecular weight excluding hydrogens is 204 g/mol. The number of nitrogens with zero attached hydrogens (tertiary/aromatic N) is 3. The van der Waals surface area contributed by atoms with Crippen LogP contribution in [-0.2, 0) is 0 Å². The van der Waals surface area contributed by atoms with Crippen molar-refractivity contribution in [3.63, 3.8) is 0 Å². The first-order valence-electron chi connectivity index (χ1n) is 4.88. The highest BCUT2D eigenvalue weighted by Gasteiger charge is 2.11. The summed E-state index contributed by atoms with van der Waals surface area (Å²) in [4.78, 5) is 15.2. The lowest BCUT2D eigenvalue weighted by molar-refractivity contribution is 0.0924. The maximum Gasteiger partial charge on any atom is 0.246 e. The van der Waals surface area contributed by atoms with Crippen LogP contribution in [0.25, 0.3) is 11.4 Å². The molecule has 0 bridgehead atoms. The van der Waals surface area contributed by atoms with E-state index < -0.39 is 0 Å². The average molecular weight is 216 g/mol. The van der Waals surface area contributed by atoms with Crippen molar-refractivity contribution < 1.29 is 4.79 Å². The van der Waals surface area contributed by atoms with Gasteiger partial charge in [0.25, 0.3) is 0 Å². The van der Waals surface area contributed by atoms with Gasteiger partial charge in [-0.25, -0.2) is 0 Å². The van der Waals surface area contributed by atoms with Gasteiger partial charge >= 0.3 is 0 Å². The molecule has 0 radical (unpaired) electrons. The van der Waals surface area contributed by atoms with E-state index in [9.17, 15) is 4.79 Å². The Hall–Kier alpha value is -2.17. The number of anilines is 1. The summed E-state index contributed by atoms with van der Waals surface area (Å²) in [6, 6.07) is 7.72. The van der Waals surface area contributed by atoms with Gasteiger partial charge in [-0.1, -0.05) is 23.8 Å². The number of benzene rings is 1. The van der Waals surface area contributed by atoms with Gasteiger partial charge < -0.3 is 5.73 Å². The first-order chi connectivity index (χ1) is 7.58. The van der Waals surface area contributed by atoms with Crippen molar-refractivity contribution in [2.45, 2.75) is 13.8 Å². The number of hydrogen-bond donors (Lipinski definition) is 1. The number of nitrogen functional groups attached to an aromatic ring is 1. The van der Waals surface area contributed by atoms with E-state index in [4.69, 9.17) is 5.73 Å². The Kier molecular flexibility index (Phi) is 2.44. The van der Waals surface area contributed by atoms with Gasteiger partial charge in [-0.2, -0.15) is 9.67 Å². The molecule has 1 aromatic heterocycles. The topological polar surface area (TPSA) is 73.8 Å². The van der Waals surface area contributed by atoms with Gasteiger partial charge in [-0.3, -0.25) is 4.79 Å². The molecule has 2 N–H and O–H groups in total. The molecule has 0 amide bonds. The molecule has 0 fully saturated rings. The molecule has 16 heavy (non-hydrogen) atoms. The molecule has 0 atom stereocenters. The third-order valence-corrected chi connectivity index (χ3v) is 2.21. The fourth-order valence-electron chi connectivity index (χ4n) is 1.46. The maximum atomic E-state index is 11.2. The SMILES string of the molecule is CC(=O)n1nc(-c2cccc(C)c2)nc1N. The monoisotopic (exact) mass is 216 g/mol. The van der Waals surface area contributed by atoms with Crippen LogP contribution in [0.15, 0.2) is 24.3 Å². The number of carbonyl (C=O) groups excluding carboxylic acids is 1. The highest BCUT2D eigenvalue weighted by molar-refractivity contribution is 5.78. The predicted octanol–water partition coefficient (Wildman–Crippen LogP) is 1.50. The van der Waals surface area contributed by atoms with Crippen LogP contribution in [0.4, 0.5) is 5.95 Å². The van der Waals surface area contributed by atoms with Crippen LogP contribution in [0, 0.1) is 6.92 Å². The van der Waals surface area contributed by atoms with Gasteiger partial charge in [0.05, 0.1) is 0 Å². The van der Waals surface area contributed by atoms with Crippen molar-refractivity contribution >= 4 is 11.9 Å². The van der Waals surface area contributed by atoms with Crippen molar-refractivity contribution in [3.8, 4) is 11.4 Å². The number of carbonyl (C=O) groups is 1. The fourth-order valence-corrected chi connectivity index (χ4v) is 1.46. The van der Waals surface area contributed by atoms with Gasteiger partial charge in [0.1, 0.15) is 0 Å². The lowest BCUT2D eigenvalue weighted by Crippen LogP contribution is -2.11. The Bertz CT molecular complexity index is 545. The second-order valence-corrected chi connectivity index (χ2v) is 3.59. The van der Waals surface area contributed by atoms with Crippen LogP contribution >= 0.6 is 0 Å². The minimum absolute atomic E-state index is 0.115. The van der Waals surface area contributed by atoms with Gasteiger partial charge in [-0.05, 0) is 13.0 Å². The molecule has 0 aliphatic carbocycles. The molecule has 0 aliphatic rings. The number of rotatable bonds is 1. The molecule has 0 spiro atoms. The number of aryl methyl sites for hydroxylation is 1. The highest BCUT2D eigenvalue weighted by atomic mass is 16.2. The molecule has 0 aliphatic heterocycles. The molecule has 2 aromatic rings. The van der Waals surface area contributed by atoms with Crippen LogP contribution < -0.4 is 5.73 Å². The maximum absolute atomic E-state index is 11.2. The van der Waals surface area contributed by atoms with Crippen molar-refractivity contribution in [3.05, 3.63) is 29.8 Å². The van der Waals surface area contributed by atoms with E-state index in [1.807, 2.05) is 31.2 Å². The molecular formula is C11H12N4O. The molecule has 5 nitrogen and oxygen atoms in total. The summed E-state index contributed by atoms with van der Waals surface area (Å²) in [5, 5.41) is 4.05. The molecule has 82 valence electrons. The Morgan fingerprint density at radius 1 is 1.44 bits per heavy atom. The lowest BCUT2D eigenvalue weighted by atomic mass is 10.1. The van der Waals surface area contributed by atoms with E-state index in [1.165, 1.54) is 6.92 Å². The van der Waals surface area contributed by atoms with Gasteiger partial charge in [0, 0.05) is 12.5 Å². The van der Waals surface area contributed by atoms with Crippen LogP contribution in [0.1, 0.15) is 17.3 Å². The average Bonchev–Trinajstić information content (AvgIpc) is 2.60. The van der Waals surface area contributed by atoms with E-state index >= 15 is 0 Å². The van der Waals surface area contributed by atoms with Crippen molar-refractivity contribution in [2.75, 3.05) is 5.73 Å². The molecule has 0 saturated heterocycles. The molecule has 0 saturated carbocycles. The zero-order valence-corrected chi connectivity index (χ0v) is 9.14. The van der Waals surface area contributed by atoms with E-state index in [-0.39, 0.29) is 11.9 Å². The minimum atomic E-state index is -0.246. The number of hydrogen-bond acceptors (Lipinski definition) is 4. The molecule has 0 unspecified atom stereocenters. The van der Waals surface area contributed by atoms with Gasteiger partial charge in [0.2, 0.25) is 11.9 Å². The summed E-state index contributed by atoms with van der Waals surface area (Å²) in [6.45, 7) is 3.37. The second kappa shape index (κ2) is 3.77. The largest absolute Gasteiger partial charge is 0.368 e. The summed E-state index contributed by atoms with van der Waals surface area (Å²) in [5.74, 6) is 0.337. The van der Waals surface area contributed by atoms with Crippen LogP contribution in [0.3, 0.4) is 0 Å². The number of aromatic nitrogens is 3. The second-order valence-electron chi connectivity index (χ2n) is 3.59. The quantitative estimate of drug-likeness (QED) is 0.783. The molecule has 1 heterocycles. The van der Waals surface area contributed by atoms with Crippen LogP contribution in [-0.4, -0.2) is 20.7 Å². The van der Waals surface area contributed by atoms with Crippen molar-refractivity contribution in [2.24, 2.45) is 0 Å². The Morgan fingerprint density at radius 3 is 2.75 bits per heavy atom. The van der Waals surface area contributed by atoms with E-state index in [0.29, 0.717) is 5.82 Å². The van der Waals surface area contributed by atoms with Gasteiger partial charge in [0.15, 0.2) is 5.82 Å². The van der Waals surface area contributed by atoms with Crippen LogP contribution in [0.5, 0.6) is 0 Å². The normalized spacial score (nSPS) is 10.4. The third kappa shape index (κ3) is 1.79. The van der Waals surface area contributed by atoms with E-state index in [2.05, 4.69) is 10.1 Å². The minimum Gasteiger partial charge on any atom is -0.368 e. The molecule has 2 rings (SSSR count). The zero-order chi connectivity index (χ0) is 11.7. The summed E-state index contributed by atoms with van der Waals surface area (Å²) >= 11 is 0. The van der Waals surface area contributed by atoms with E-state index in [1.54, 1.807) is 0 Å². The number of nitrogens with two attached hydrogens (primary N) is 1. The smallest absolute Gasteiger partial charge is 0.246 e. The lowest BCUT2D eigenvalue weighted by Gasteiger charge is -1.96.